The van der Waals surface area contributed by atoms with Crippen LogP contribution in [-0.2, 0) is 6.42 Å². The molecule has 0 atom stereocenters. The fourth-order valence-corrected chi connectivity index (χ4v) is 2.17. The van der Waals surface area contributed by atoms with Crippen LogP contribution < -0.4 is 0 Å². The highest BCUT2D eigenvalue weighted by Gasteiger charge is 2.07. The van der Waals surface area contributed by atoms with Gasteiger partial charge >= 0.3 is 0 Å². The number of hydrogen-bond acceptors (Lipinski definition) is 3. The van der Waals surface area contributed by atoms with E-state index in [2.05, 4.69) is 30.1 Å². The summed E-state index contributed by atoms with van der Waals surface area (Å²) >= 11 is 1.75. The molecule has 72 valence electrons. The first kappa shape index (κ1) is 10.5. The van der Waals surface area contributed by atoms with Crippen LogP contribution in [0, 0.1) is 13.8 Å². The topological polar surface area (TPSA) is 25.8 Å². The molecule has 0 aliphatic carbocycles. The lowest BCUT2D eigenvalue weighted by Gasteiger charge is -2.08. The van der Waals surface area contributed by atoms with Crippen molar-refractivity contribution < 1.29 is 0 Å². The van der Waals surface area contributed by atoms with Crippen LogP contribution in [0.25, 0.3) is 0 Å². The predicted molar refractivity (Wildman–Crippen MR) is 57.3 cm³/mol. The summed E-state index contributed by atoms with van der Waals surface area (Å²) in [6.07, 6.45) is 4.28. The molecule has 0 amide bonds. The van der Waals surface area contributed by atoms with Crippen LogP contribution >= 0.6 is 11.8 Å². The van der Waals surface area contributed by atoms with Gasteiger partial charge in [0.2, 0.25) is 0 Å². The van der Waals surface area contributed by atoms with E-state index in [0.29, 0.717) is 0 Å². The summed E-state index contributed by atoms with van der Waals surface area (Å²) < 4.78 is 0. The van der Waals surface area contributed by atoms with Gasteiger partial charge in [-0.1, -0.05) is 13.3 Å². The van der Waals surface area contributed by atoms with Gasteiger partial charge < -0.3 is 0 Å². The first-order chi connectivity index (χ1) is 6.19. The normalized spacial score (nSPS) is 10.5. The Kier molecular flexibility index (Phi) is 3.72. The average Bonchev–Trinajstić information content (AvgIpc) is 2.04. The molecule has 0 saturated heterocycles. The van der Waals surface area contributed by atoms with Crippen molar-refractivity contribution in [1.82, 2.24) is 9.97 Å². The van der Waals surface area contributed by atoms with Gasteiger partial charge in [-0.25, -0.2) is 9.97 Å². The lowest BCUT2D eigenvalue weighted by atomic mass is 10.2. The summed E-state index contributed by atoms with van der Waals surface area (Å²) in [6, 6.07) is 0. The SMILES string of the molecule is CCCc1nc(C)nc(C)c1SC. The summed E-state index contributed by atoms with van der Waals surface area (Å²) in [5, 5.41) is 0. The lowest BCUT2D eigenvalue weighted by molar-refractivity contribution is 0.810. The third-order valence-corrected chi connectivity index (χ3v) is 2.85. The smallest absolute Gasteiger partial charge is 0.125 e. The number of aromatic nitrogens is 2. The van der Waals surface area contributed by atoms with Crippen molar-refractivity contribution in [2.75, 3.05) is 6.26 Å². The minimum atomic E-state index is 0.888. The molecule has 2 nitrogen and oxygen atoms in total. The molecule has 0 spiro atoms. The van der Waals surface area contributed by atoms with Gasteiger partial charge in [-0.2, -0.15) is 0 Å². The van der Waals surface area contributed by atoms with Gasteiger partial charge in [-0.05, 0) is 26.5 Å². The zero-order chi connectivity index (χ0) is 9.84. The molecule has 0 bridgehead atoms. The minimum Gasteiger partial charge on any atom is -0.237 e. The Balaban J connectivity index is 3.13. The summed E-state index contributed by atoms with van der Waals surface area (Å²) in [6.45, 7) is 6.19. The van der Waals surface area contributed by atoms with Gasteiger partial charge in [0.1, 0.15) is 5.82 Å². The summed E-state index contributed by atoms with van der Waals surface area (Å²) in [5.74, 6) is 0.888. The maximum absolute atomic E-state index is 4.46. The van der Waals surface area contributed by atoms with Crippen molar-refractivity contribution >= 4 is 11.8 Å². The van der Waals surface area contributed by atoms with Crippen molar-refractivity contribution in [1.29, 1.82) is 0 Å². The second kappa shape index (κ2) is 4.61. The van der Waals surface area contributed by atoms with E-state index in [0.717, 1.165) is 24.4 Å². The molecule has 1 rings (SSSR count). The van der Waals surface area contributed by atoms with Gasteiger partial charge in [0.15, 0.2) is 0 Å². The molecule has 0 radical (unpaired) electrons. The van der Waals surface area contributed by atoms with E-state index >= 15 is 0 Å². The Hall–Kier alpha value is -0.570. The molecule has 0 aliphatic heterocycles. The first-order valence-corrected chi connectivity index (χ1v) is 5.79. The standard InChI is InChI=1S/C10H16N2S/c1-5-6-9-10(13-4)7(2)11-8(3)12-9/h5-6H2,1-4H3. The predicted octanol–water partition coefficient (Wildman–Crippen LogP) is 2.77. The Morgan fingerprint density at radius 2 is 1.92 bits per heavy atom. The quantitative estimate of drug-likeness (QED) is 0.695. The Morgan fingerprint density at radius 1 is 1.23 bits per heavy atom. The number of hydrogen-bond donors (Lipinski definition) is 0. The first-order valence-electron chi connectivity index (χ1n) is 4.57. The number of aryl methyl sites for hydroxylation is 3. The molecule has 1 heterocycles. The number of rotatable bonds is 3. The van der Waals surface area contributed by atoms with Crippen LogP contribution in [0.5, 0.6) is 0 Å². The van der Waals surface area contributed by atoms with E-state index < -0.39 is 0 Å². The highest BCUT2D eigenvalue weighted by Crippen LogP contribution is 2.22. The van der Waals surface area contributed by atoms with Crippen molar-refractivity contribution in [3.63, 3.8) is 0 Å². The summed E-state index contributed by atoms with van der Waals surface area (Å²) in [4.78, 5) is 10.1. The maximum Gasteiger partial charge on any atom is 0.125 e. The van der Waals surface area contributed by atoms with Gasteiger partial charge in [-0.15, -0.1) is 11.8 Å². The van der Waals surface area contributed by atoms with Crippen molar-refractivity contribution in [2.24, 2.45) is 0 Å². The molecule has 0 aromatic carbocycles. The van der Waals surface area contributed by atoms with Gasteiger partial charge in [-0.3, -0.25) is 0 Å². The van der Waals surface area contributed by atoms with E-state index in [1.165, 1.54) is 10.6 Å². The van der Waals surface area contributed by atoms with Crippen LogP contribution in [0.3, 0.4) is 0 Å². The second-order valence-electron chi connectivity index (χ2n) is 3.09. The number of nitrogens with zero attached hydrogens (tertiary/aromatic N) is 2. The second-order valence-corrected chi connectivity index (χ2v) is 3.90. The van der Waals surface area contributed by atoms with Gasteiger partial charge in [0, 0.05) is 4.90 Å². The molecule has 0 N–H and O–H groups in total. The Labute approximate surface area is 84.2 Å². The van der Waals surface area contributed by atoms with E-state index in [1.807, 2.05) is 6.92 Å². The third-order valence-electron chi connectivity index (χ3n) is 1.91. The zero-order valence-electron chi connectivity index (χ0n) is 8.72. The minimum absolute atomic E-state index is 0.888. The molecular weight excluding hydrogens is 180 g/mol. The van der Waals surface area contributed by atoms with Crippen LogP contribution in [0.1, 0.15) is 30.6 Å². The molecule has 13 heavy (non-hydrogen) atoms. The van der Waals surface area contributed by atoms with Crippen LogP contribution in [0.4, 0.5) is 0 Å². The fraction of sp³-hybridized carbons (Fsp3) is 0.600. The maximum atomic E-state index is 4.46. The summed E-state index contributed by atoms with van der Waals surface area (Å²) in [5.41, 5.74) is 2.32. The van der Waals surface area contributed by atoms with E-state index in [1.54, 1.807) is 11.8 Å². The monoisotopic (exact) mass is 196 g/mol. The van der Waals surface area contributed by atoms with Crippen LogP contribution in [-0.4, -0.2) is 16.2 Å². The molecule has 1 aromatic heterocycles. The molecule has 1 aromatic rings. The zero-order valence-corrected chi connectivity index (χ0v) is 9.53. The van der Waals surface area contributed by atoms with E-state index in [9.17, 15) is 0 Å². The van der Waals surface area contributed by atoms with Crippen molar-refractivity contribution in [3.8, 4) is 0 Å². The van der Waals surface area contributed by atoms with E-state index in [4.69, 9.17) is 0 Å². The van der Waals surface area contributed by atoms with Crippen LogP contribution in [0.15, 0.2) is 4.90 Å². The summed E-state index contributed by atoms with van der Waals surface area (Å²) in [7, 11) is 0. The molecule has 3 heteroatoms. The average molecular weight is 196 g/mol. The molecule has 0 aliphatic rings. The Morgan fingerprint density at radius 3 is 2.46 bits per heavy atom. The molecule has 0 fully saturated rings. The largest absolute Gasteiger partial charge is 0.237 e. The fourth-order valence-electron chi connectivity index (χ4n) is 1.45. The van der Waals surface area contributed by atoms with Crippen LogP contribution in [0.2, 0.25) is 0 Å². The highest BCUT2D eigenvalue weighted by molar-refractivity contribution is 7.98. The van der Waals surface area contributed by atoms with Crippen molar-refractivity contribution in [2.45, 2.75) is 38.5 Å². The molecule has 0 unspecified atom stereocenters. The van der Waals surface area contributed by atoms with Gasteiger partial charge in [0.25, 0.3) is 0 Å². The molecule has 0 saturated carbocycles. The van der Waals surface area contributed by atoms with E-state index in [-0.39, 0.29) is 0 Å². The molecular formula is C10H16N2S. The third kappa shape index (κ3) is 2.44. The van der Waals surface area contributed by atoms with Crippen molar-refractivity contribution in [3.05, 3.63) is 17.2 Å². The number of thioether (sulfide) groups is 1. The Bertz CT molecular complexity index is 297. The highest BCUT2D eigenvalue weighted by atomic mass is 32.2. The lowest BCUT2D eigenvalue weighted by Crippen LogP contribution is -2.01. The van der Waals surface area contributed by atoms with Gasteiger partial charge in [0.05, 0.1) is 11.4 Å².